The van der Waals surface area contributed by atoms with Crippen molar-refractivity contribution in [1.29, 1.82) is 0 Å². The number of rotatable bonds is 6. The molecule has 0 radical (unpaired) electrons. The van der Waals surface area contributed by atoms with Gasteiger partial charge in [-0.25, -0.2) is 13.2 Å². The molecule has 160 valence electrons. The highest BCUT2D eigenvalue weighted by Gasteiger charge is 2.32. The Kier molecular flexibility index (Phi) is 6.81. The first-order valence-corrected chi connectivity index (χ1v) is 11.5. The van der Waals surface area contributed by atoms with Gasteiger partial charge in [0.25, 0.3) is 5.17 Å². The third kappa shape index (κ3) is 5.09. The topological polar surface area (TPSA) is 91.4 Å². The van der Waals surface area contributed by atoms with Crippen molar-refractivity contribution in [3.63, 3.8) is 0 Å². The Morgan fingerprint density at radius 3 is 2.41 bits per heavy atom. The first kappa shape index (κ1) is 21.6. The van der Waals surface area contributed by atoms with E-state index in [0.29, 0.717) is 39.3 Å². The number of nitrogens with one attached hydrogen (secondary N) is 1. The van der Waals surface area contributed by atoms with E-state index < -0.39 is 16.1 Å². The SMILES string of the molecule is CCS(=O)(=O)N1CCN(c2ccc(N3C[C@H](CNC(=S)OC)OC3=O)cc2)CC1. The van der Waals surface area contributed by atoms with Gasteiger partial charge in [0, 0.05) is 37.6 Å². The number of amides is 1. The molecule has 1 N–H and O–H groups in total. The first-order valence-electron chi connectivity index (χ1n) is 9.47. The summed E-state index contributed by atoms with van der Waals surface area (Å²) in [5.74, 6) is 0.126. The molecule has 0 aliphatic carbocycles. The molecule has 2 saturated heterocycles. The number of piperazine rings is 1. The van der Waals surface area contributed by atoms with Crippen LogP contribution in [0.3, 0.4) is 0 Å². The number of nitrogens with zero attached hydrogens (tertiary/aromatic N) is 3. The molecule has 0 saturated carbocycles. The number of thiocarbonyl (C=S) groups is 1. The number of methoxy groups -OCH3 is 1. The molecule has 2 heterocycles. The van der Waals surface area contributed by atoms with Gasteiger partial charge in [-0.2, -0.15) is 4.31 Å². The van der Waals surface area contributed by atoms with Crippen LogP contribution in [0.15, 0.2) is 24.3 Å². The molecule has 2 fully saturated rings. The summed E-state index contributed by atoms with van der Waals surface area (Å²) in [6.45, 7) is 4.71. The Labute approximate surface area is 176 Å². The smallest absolute Gasteiger partial charge is 0.414 e. The summed E-state index contributed by atoms with van der Waals surface area (Å²) in [5.41, 5.74) is 1.75. The summed E-state index contributed by atoms with van der Waals surface area (Å²) < 4.78 is 35.8. The molecule has 2 aliphatic heterocycles. The van der Waals surface area contributed by atoms with E-state index in [1.54, 1.807) is 16.1 Å². The van der Waals surface area contributed by atoms with Gasteiger partial charge in [-0.05, 0) is 43.4 Å². The maximum absolute atomic E-state index is 12.2. The highest BCUT2D eigenvalue weighted by atomic mass is 32.2. The lowest BCUT2D eigenvalue weighted by atomic mass is 10.2. The van der Waals surface area contributed by atoms with Crippen molar-refractivity contribution >= 4 is 44.9 Å². The summed E-state index contributed by atoms with van der Waals surface area (Å²) in [6.07, 6.45) is -0.713. The molecule has 1 amide bonds. The van der Waals surface area contributed by atoms with Crippen molar-refractivity contribution in [2.75, 3.05) is 61.9 Å². The molecule has 0 aromatic heterocycles. The van der Waals surface area contributed by atoms with Gasteiger partial charge in [0.05, 0.1) is 26.0 Å². The van der Waals surface area contributed by atoms with E-state index in [0.717, 1.165) is 11.4 Å². The standard InChI is InChI=1S/C18H26N4O5S2/c1-3-29(24,25)21-10-8-20(9-11-21)14-4-6-15(7-5-14)22-13-16(27-18(22)23)12-19-17(28)26-2/h4-7,16H,3,8-13H2,1-2H3,(H,19,28)/t16-/m0/s1. The van der Waals surface area contributed by atoms with Crippen LogP contribution in [0.1, 0.15) is 6.92 Å². The minimum absolute atomic E-state index is 0.126. The van der Waals surface area contributed by atoms with E-state index in [2.05, 4.69) is 10.2 Å². The first-order chi connectivity index (χ1) is 13.8. The number of anilines is 2. The fraction of sp³-hybridized carbons (Fsp3) is 0.556. The molecule has 1 aromatic carbocycles. The number of carbonyl (C=O) groups excluding carboxylic acids is 1. The van der Waals surface area contributed by atoms with E-state index in [-0.39, 0.29) is 17.0 Å². The van der Waals surface area contributed by atoms with Gasteiger partial charge < -0.3 is 19.7 Å². The largest absolute Gasteiger partial charge is 0.474 e. The Hall–Kier alpha value is -2.11. The predicted molar refractivity (Wildman–Crippen MR) is 115 cm³/mol. The third-order valence-electron chi connectivity index (χ3n) is 5.06. The summed E-state index contributed by atoms with van der Waals surface area (Å²) in [4.78, 5) is 15.9. The van der Waals surface area contributed by atoms with E-state index >= 15 is 0 Å². The number of ether oxygens (including phenoxy) is 2. The molecule has 11 heteroatoms. The monoisotopic (exact) mass is 442 g/mol. The maximum atomic E-state index is 12.2. The van der Waals surface area contributed by atoms with Crippen LogP contribution in [0.25, 0.3) is 0 Å². The summed E-state index contributed by atoms with van der Waals surface area (Å²) in [7, 11) is -1.66. The van der Waals surface area contributed by atoms with Crippen molar-refractivity contribution in [2.45, 2.75) is 13.0 Å². The second-order valence-electron chi connectivity index (χ2n) is 6.79. The second-order valence-corrected chi connectivity index (χ2v) is 9.42. The average molecular weight is 443 g/mol. The zero-order valence-electron chi connectivity index (χ0n) is 16.5. The van der Waals surface area contributed by atoms with Crippen LogP contribution in [-0.2, 0) is 19.5 Å². The Morgan fingerprint density at radius 1 is 1.21 bits per heavy atom. The van der Waals surface area contributed by atoms with Gasteiger partial charge in [-0.3, -0.25) is 4.90 Å². The van der Waals surface area contributed by atoms with E-state index in [9.17, 15) is 13.2 Å². The van der Waals surface area contributed by atoms with Crippen LogP contribution in [0.4, 0.5) is 16.2 Å². The molecule has 9 nitrogen and oxygen atoms in total. The van der Waals surface area contributed by atoms with Crippen LogP contribution in [0.5, 0.6) is 0 Å². The van der Waals surface area contributed by atoms with E-state index in [1.807, 2.05) is 24.3 Å². The van der Waals surface area contributed by atoms with Gasteiger partial charge in [0.2, 0.25) is 10.0 Å². The zero-order valence-corrected chi connectivity index (χ0v) is 18.2. The summed E-state index contributed by atoms with van der Waals surface area (Å²) in [5, 5.41) is 3.15. The molecule has 1 aromatic rings. The van der Waals surface area contributed by atoms with Crippen molar-refractivity contribution in [3.05, 3.63) is 24.3 Å². The van der Waals surface area contributed by atoms with Crippen molar-refractivity contribution in [3.8, 4) is 0 Å². The molecule has 1 atom stereocenters. The van der Waals surface area contributed by atoms with Crippen LogP contribution in [0.2, 0.25) is 0 Å². The molecule has 0 unspecified atom stereocenters. The number of hydrogen-bond donors (Lipinski definition) is 1. The Balaban J connectivity index is 1.57. The van der Waals surface area contributed by atoms with Crippen LogP contribution >= 0.6 is 12.2 Å². The number of cyclic esters (lactones) is 1. The van der Waals surface area contributed by atoms with Gasteiger partial charge >= 0.3 is 6.09 Å². The molecule has 3 rings (SSSR count). The van der Waals surface area contributed by atoms with Gasteiger partial charge in [-0.15, -0.1) is 0 Å². The van der Waals surface area contributed by atoms with Gasteiger partial charge in [-0.1, -0.05) is 0 Å². The quantitative estimate of drug-likeness (QED) is 0.653. The van der Waals surface area contributed by atoms with Crippen molar-refractivity contribution in [1.82, 2.24) is 9.62 Å². The van der Waals surface area contributed by atoms with E-state index in [4.69, 9.17) is 21.7 Å². The zero-order chi connectivity index (χ0) is 21.0. The molecular formula is C18H26N4O5S2. The molecular weight excluding hydrogens is 416 g/mol. The summed E-state index contributed by atoms with van der Waals surface area (Å²) in [6, 6.07) is 7.64. The molecule has 2 aliphatic rings. The highest BCUT2D eigenvalue weighted by Crippen LogP contribution is 2.25. The molecule has 29 heavy (non-hydrogen) atoms. The lowest BCUT2D eigenvalue weighted by Gasteiger charge is -2.35. The minimum atomic E-state index is -3.14. The number of benzene rings is 1. The summed E-state index contributed by atoms with van der Waals surface area (Å²) >= 11 is 4.92. The van der Waals surface area contributed by atoms with Crippen molar-refractivity contribution in [2.24, 2.45) is 0 Å². The van der Waals surface area contributed by atoms with Crippen LogP contribution in [-0.4, -0.2) is 82.2 Å². The lowest BCUT2D eigenvalue weighted by Crippen LogP contribution is -2.49. The van der Waals surface area contributed by atoms with Crippen LogP contribution < -0.4 is 15.1 Å². The highest BCUT2D eigenvalue weighted by molar-refractivity contribution is 7.89. The lowest BCUT2D eigenvalue weighted by molar-refractivity contribution is 0.142. The Bertz CT molecular complexity index is 838. The average Bonchev–Trinajstić information content (AvgIpc) is 3.12. The molecule has 0 bridgehead atoms. The number of sulfonamides is 1. The number of carbonyl (C=O) groups is 1. The fourth-order valence-corrected chi connectivity index (χ4v) is 4.53. The Morgan fingerprint density at radius 2 is 1.83 bits per heavy atom. The van der Waals surface area contributed by atoms with Crippen LogP contribution in [0, 0.1) is 0 Å². The minimum Gasteiger partial charge on any atom is -0.474 e. The predicted octanol–water partition coefficient (Wildman–Crippen LogP) is 1.00. The fourth-order valence-electron chi connectivity index (χ4n) is 3.36. The third-order valence-corrected chi connectivity index (χ3v) is 7.25. The molecule has 0 spiro atoms. The number of hydrogen-bond acceptors (Lipinski definition) is 7. The van der Waals surface area contributed by atoms with E-state index in [1.165, 1.54) is 7.11 Å². The van der Waals surface area contributed by atoms with Gasteiger partial charge in [0.1, 0.15) is 6.10 Å². The van der Waals surface area contributed by atoms with Gasteiger partial charge in [0.15, 0.2) is 0 Å². The van der Waals surface area contributed by atoms with Crippen molar-refractivity contribution < 1.29 is 22.7 Å². The normalized spacial score (nSPS) is 20.5. The maximum Gasteiger partial charge on any atom is 0.414 e. The second kappa shape index (κ2) is 9.14.